The monoisotopic (exact) mass is 651 g/mol. The summed E-state index contributed by atoms with van der Waals surface area (Å²) >= 11 is 0. The standard InChI is InChI=1S/C37H45N7O4/c1-4-31-29(34(41-27-14-17-48-18-15-27)30-22-40-44(5-2)36(30)42-31)21-39-37(47)26-8-6-7-24(20-26)19-23(3)38-16-13-25-9-11-32(45)35-28(25)10-12-33(46)43-35/h6-12,20,22-23,27,38,45H,4-5,13-19,21H2,1-3H3,(H,39,47)(H,41,42)(H,43,46). The normalized spacial score (nSPS) is 14.4. The summed E-state index contributed by atoms with van der Waals surface area (Å²) < 4.78 is 7.52. The smallest absolute Gasteiger partial charge is 0.251 e. The van der Waals surface area contributed by atoms with Crippen LogP contribution in [0.15, 0.2) is 59.5 Å². The number of carbonyl (C=O) groups excluding carboxylic acids is 1. The summed E-state index contributed by atoms with van der Waals surface area (Å²) in [7, 11) is 0. The molecular weight excluding hydrogens is 606 g/mol. The molecule has 0 radical (unpaired) electrons. The number of benzene rings is 2. The first-order valence-electron chi connectivity index (χ1n) is 17.0. The second-order valence-corrected chi connectivity index (χ2v) is 12.5. The SMILES string of the molecule is CCc1nc2c(cnn2CC)c(NC2CCOCC2)c1CNC(=O)c1cccc(CC(C)NCCc2ccc(O)c3[nH]c(=O)ccc23)c1. The van der Waals surface area contributed by atoms with Gasteiger partial charge < -0.3 is 30.8 Å². The number of phenols is 1. The lowest BCUT2D eigenvalue weighted by Gasteiger charge is -2.26. The lowest BCUT2D eigenvalue weighted by Crippen LogP contribution is -2.30. The largest absolute Gasteiger partial charge is 0.506 e. The molecule has 1 aliphatic rings. The molecule has 4 heterocycles. The minimum Gasteiger partial charge on any atom is -0.506 e. The van der Waals surface area contributed by atoms with E-state index in [1.807, 2.05) is 41.2 Å². The molecule has 5 aromatic rings. The number of hydrogen-bond acceptors (Lipinski definition) is 8. The van der Waals surface area contributed by atoms with Gasteiger partial charge >= 0.3 is 0 Å². The molecule has 2 aromatic carbocycles. The van der Waals surface area contributed by atoms with E-state index in [1.54, 1.807) is 12.1 Å². The molecule has 1 saturated heterocycles. The number of anilines is 1. The number of rotatable bonds is 13. The quantitative estimate of drug-likeness (QED) is 0.122. The van der Waals surface area contributed by atoms with Gasteiger partial charge in [0.15, 0.2) is 5.65 Å². The van der Waals surface area contributed by atoms with Gasteiger partial charge in [0.2, 0.25) is 5.56 Å². The lowest BCUT2D eigenvalue weighted by atomic mass is 10.0. The third kappa shape index (κ3) is 7.37. The fourth-order valence-corrected chi connectivity index (χ4v) is 6.60. The Morgan fingerprint density at radius 3 is 2.75 bits per heavy atom. The topological polar surface area (TPSA) is 146 Å². The van der Waals surface area contributed by atoms with Crippen LogP contribution in [0, 0.1) is 0 Å². The molecule has 0 bridgehead atoms. The van der Waals surface area contributed by atoms with E-state index in [4.69, 9.17) is 9.72 Å². The highest BCUT2D eigenvalue weighted by atomic mass is 16.5. The molecule has 1 aliphatic heterocycles. The number of phenolic OH excluding ortho intramolecular Hbond substituents is 1. The van der Waals surface area contributed by atoms with E-state index < -0.39 is 0 Å². The average molecular weight is 652 g/mol. The van der Waals surface area contributed by atoms with E-state index in [1.165, 1.54) is 6.07 Å². The van der Waals surface area contributed by atoms with Crippen molar-refractivity contribution in [2.45, 2.75) is 78.0 Å². The van der Waals surface area contributed by atoms with E-state index >= 15 is 0 Å². The molecule has 48 heavy (non-hydrogen) atoms. The summed E-state index contributed by atoms with van der Waals surface area (Å²) in [5, 5.41) is 27.1. The summed E-state index contributed by atoms with van der Waals surface area (Å²) in [6.07, 6.45) is 5.96. The van der Waals surface area contributed by atoms with Gasteiger partial charge in [0.1, 0.15) is 5.75 Å². The number of fused-ring (bicyclic) bond motifs is 2. The number of hydrogen-bond donors (Lipinski definition) is 5. The third-order valence-electron chi connectivity index (χ3n) is 9.18. The molecule has 11 nitrogen and oxygen atoms in total. The third-order valence-corrected chi connectivity index (χ3v) is 9.18. The Balaban J connectivity index is 1.11. The number of amides is 1. The first-order chi connectivity index (χ1) is 23.3. The molecule has 0 saturated carbocycles. The number of H-pyrrole nitrogens is 1. The summed E-state index contributed by atoms with van der Waals surface area (Å²) in [4.78, 5) is 33.0. The van der Waals surface area contributed by atoms with Gasteiger partial charge in [-0.15, -0.1) is 0 Å². The number of aryl methyl sites for hydroxylation is 2. The van der Waals surface area contributed by atoms with Crippen LogP contribution in [0.5, 0.6) is 5.75 Å². The van der Waals surface area contributed by atoms with Gasteiger partial charge in [-0.2, -0.15) is 5.10 Å². The van der Waals surface area contributed by atoms with Crippen LogP contribution in [-0.2, 0) is 37.1 Å². The lowest BCUT2D eigenvalue weighted by molar-refractivity contribution is 0.0904. The molecule has 1 atom stereocenters. The fourth-order valence-electron chi connectivity index (χ4n) is 6.60. The Morgan fingerprint density at radius 2 is 1.96 bits per heavy atom. The van der Waals surface area contributed by atoms with Crippen molar-refractivity contribution in [1.82, 2.24) is 30.4 Å². The highest BCUT2D eigenvalue weighted by molar-refractivity contribution is 5.95. The number of ether oxygens (including phenoxy) is 1. The fraction of sp³-hybridized carbons (Fsp3) is 0.405. The molecule has 252 valence electrons. The Morgan fingerprint density at radius 1 is 1.12 bits per heavy atom. The van der Waals surface area contributed by atoms with Gasteiger partial charge in [-0.1, -0.05) is 25.1 Å². The van der Waals surface area contributed by atoms with Gasteiger partial charge in [-0.25, -0.2) is 9.67 Å². The van der Waals surface area contributed by atoms with Crippen molar-refractivity contribution in [3.05, 3.63) is 93.0 Å². The average Bonchev–Trinajstić information content (AvgIpc) is 3.52. The predicted octanol–water partition coefficient (Wildman–Crippen LogP) is 4.84. The van der Waals surface area contributed by atoms with Crippen LogP contribution in [0.25, 0.3) is 21.9 Å². The number of aromatic hydroxyl groups is 1. The second kappa shape index (κ2) is 15.0. The van der Waals surface area contributed by atoms with E-state index in [0.717, 1.165) is 103 Å². The summed E-state index contributed by atoms with van der Waals surface area (Å²) in [5.74, 6) is -0.0607. The van der Waals surface area contributed by atoms with Crippen molar-refractivity contribution in [3.8, 4) is 5.75 Å². The van der Waals surface area contributed by atoms with Crippen molar-refractivity contribution >= 4 is 33.5 Å². The summed E-state index contributed by atoms with van der Waals surface area (Å²) in [5.41, 5.74) is 6.78. The molecule has 5 N–H and O–H groups in total. The maximum absolute atomic E-state index is 13.5. The van der Waals surface area contributed by atoms with Crippen LogP contribution >= 0.6 is 0 Å². The van der Waals surface area contributed by atoms with Gasteiger partial charge in [0.05, 0.1) is 22.8 Å². The van der Waals surface area contributed by atoms with Crippen LogP contribution < -0.4 is 21.5 Å². The second-order valence-electron chi connectivity index (χ2n) is 12.5. The number of nitrogens with zero attached hydrogens (tertiary/aromatic N) is 3. The maximum atomic E-state index is 13.5. The molecular formula is C37H45N7O4. The minimum atomic E-state index is -0.241. The van der Waals surface area contributed by atoms with Gasteiger partial charge in [-0.05, 0) is 87.9 Å². The van der Waals surface area contributed by atoms with Crippen LogP contribution in [0.2, 0.25) is 0 Å². The molecule has 1 fully saturated rings. The van der Waals surface area contributed by atoms with Crippen molar-refractivity contribution < 1.29 is 14.6 Å². The zero-order valence-electron chi connectivity index (χ0n) is 27.9. The van der Waals surface area contributed by atoms with Crippen molar-refractivity contribution in [2.24, 2.45) is 0 Å². The Kier molecular flexibility index (Phi) is 10.4. The van der Waals surface area contributed by atoms with Crippen LogP contribution in [0.1, 0.15) is 66.4 Å². The van der Waals surface area contributed by atoms with E-state index in [-0.39, 0.29) is 29.3 Å². The zero-order valence-corrected chi connectivity index (χ0v) is 27.9. The predicted molar refractivity (Wildman–Crippen MR) is 189 cm³/mol. The highest BCUT2D eigenvalue weighted by Gasteiger charge is 2.22. The Labute approximate surface area is 280 Å². The Hall–Kier alpha value is -4.74. The first kappa shape index (κ1) is 33.2. The first-order valence-corrected chi connectivity index (χ1v) is 17.0. The maximum Gasteiger partial charge on any atom is 0.251 e. The molecule has 11 heteroatoms. The van der Waals surface area contributed by atoms with Crippen LogP contribution in [-0.4, -0.2) is 62.6 Å². The number of carbonyl (C=O) groups is 1. The molecule has 3 aromatic heterocycles. The van der Waals surface area contributed by atoms with Gasteiger partial charge in [-0.3, -0.25) is 9.59 Å². The van der Waals surface area contributed by atoms with Gasteiger partial charge in [0.25, 0.3) is 5.91 Å². The number of nitrogens with one attached hydrogen (secondary N) is 4. The van der Waals surface area contributed by atoms with Crippen molar-refractivity contribution in [3.63, 3.8) is 0 Å². The van der Waals surface area contributed by atoms with Crippen molar-refractivity contribution in [2.75, 3.05) is 25.1 Å². The number of pyridine rings is 2. The summed E-state index contributed by atoms with van der Waals surface area (Å²) in [6.45, 7) is 9.56. The number of aromatic amines is 1. The van der Waals surface area contributed by atoms with E-state index in [9.17, 15) is 14.7 Å². The van der Waals surface area contributed by atoms with Crippen LogP contribution in [0.4, 0.5) is 5.69 Å². The van der Waals surface area contributed by atoms with E-state index in [2.05, 4.69) is 46.8 Å². The summed E-state index contributed by atoms with van der Waals surface area (Å²) in [6, 6.07) is 15.0. The molecule has 1 amide bonds. The van der Waals surface area contributed by atoms with Crippen LogP contribution in [0.3, 0.4) is 0 Å². The number of aromatic nitrogens is 4. The minimum absolute atomic E-state index is 0.0660. The van der Waals surface area contributed by atoms with E-state index in [0.29, 0.717) is 17.6 Å². The van der Waals surface area contributed by atoms with Crippen molar-refractivity contribution in [1.29, 1.82) is 0 Å². The molecule has 6 rings (SSSR count). The highest BCUT2D eigenvalue weighted by Crippen LogP contribution is 2.31. The molecule has 0 aliphatic carbocycles. The molecule has 0 spiro atoms. The molecule has 1 unspecified atom stereocenters. The Bertz CT molecular complexity index is 1960. The zero-order chi connectivity index (χ0) is 33.6. The van der Waals surface area contributed by atoms with Gasteiger partial charge in [0, 0.05) is 66.7 Å².